The zero-order chi connectivity index (χ0) is 17.0. The maximum atomic E-state index is 12.4. The summed E-state index contributed by atoms with van der Waals surface area (Å²) in [5.74, 6) is 1.29. The number of aryl methyl sites for hydroxylation is 1. The second kappa shape index (κ2) is 6.97. The normalized spacial score (nSPS) is 11.7. The molecule has 0 spiro atoms. The highest BCUT2D eigenvalue weighted by atomic mass is 32.2. The average Bonchev–Trinajstić information content (AvgIpc) is 2.91. The molecule has 9 heteroatoms. The fraction of sp³-hybridized carbons (Fsp3) is 0.429. The van der Waals surface area contributed by atoms with Gasteiger partial charge in [-0.05, 0) is 32.0 Å². The number of hydrogen-bond donors (Lipinski definition) is 1. The molecule has 1 heterocycles. The Morgan fingerprint density at radius 3 is 2.65 bits per heavy atom. The van der Waals surface area contributed by atoms with Gasteiger partial charge in [0.2, 0.25) is 15.9 Å². The quantitative estimate of drug-likeness (QED) is 0.818. The largest absolute Gasteiger partial charge is 0.492 e. The molecule has 0 saturated carbocycles. The highest BCUT2D eigenvalue weighted by Gasteiger charge is 2.23. The van der Waals surface area contributed by atoms with Gasteiger partial charge in [0.25, 0.3) is 0 Å². The Balaban J connectivity index is 2.28. The molecule has 0 bridgehead atoms. The molecule has 0 unspecified atom stereocenters. The smallest absolute Gasteiger partial charge is 0.246 e. The number of benzene rings is 1. The summed E-state index contributed by atoms with van der Waals surface area (Å²) in [7, 11) is -0.657. The van der Waals surface area contributed by atoms with Crippen LogP contribution in [-0.4, -0.2) is 43.6 Å². The van der Waals surface area contributed by atoms with Crippen molar-refractivity contribution in [3.05, 3.63) is 29.9 Å². The maximum Gasteiger partial charge on any atom is 0.246 e. The number of nitrogens with zero attached hydrogens (tertiary/aromatic N) is 3. The number of aromatic nitrogens is 2. The van der Waals surface area contributed by atoms with Gasteiger partial charge in [-0.25, -0.2) is 12.7 Å². The van der Waals surface area contributed by atoms with E-state index in [0.29, 0.717) is 36.3 Å². The van der Waals surface area contributed by atoms with Crippen molar-refractivity contribution in [2.75, 3.05) is 26.0 Å². The fourth-order valence-corrected chi connectivity index (χ4v) is 2.93. The first-order valence-electron chi connectivity index (χ1n) is 7.07. The number of hydrogen-bond acceptors (Lipinski definition) is 7. The lowest BCUT2D eigenvalue weighted by Crippen LogP contribution is -2.23. The van der Waals surface area contributed by atoms with E-state index in [1.165, 1.54) is 20.2 Å². The van der Waals surface area contributed by atoms with Crippen LogP contribution >= 0.6 is 0 Å². The van der Waals surface area contributed by atoms with Crippen LogP contribution in [0.4, 0.5) is 5.69 Å². The summed E-state index contributed by atoms with van der Waals surface area (Å²) in [4.78, 5) is 4.19. The summed E-state index contributed by atoms with van der Waals surface area (Å²) in [6, 6.07) is 4.90. The van der Waals surface area contributed by atoms with Crippen LogP contribution in [-0.2, 0) is 16.6 Å². The van der Waals surface area contributed by atoms with Gasteiger partial charge in [0, 0.05) is 19.8 Å². The van der Waals surface area contributed by atoms with Gasteiger partial charge in [0.15, 0.2) is 5.82 Å². The van der Waals surface area contributed by atoms with Crippen LogP contribution in [0.5, 0.6) is 5.75 Å². The Morgan fingerprint density at radius 2 is 2.09 bits per heavy atom. The molecule has 126 valence electrons. The van der Waals surface area contributed by atoms with Crippen LogP contribution in [0.2, 0.25) is 0 Å². The van der Waals surface area contributed by atoms with Gasteiger partial charge < -0.3 is 14.6 Å². The number of sulfonamides is 1. The van der Waals surface area contributed by atoms with Crippen LogP contribution in [0, 0.1) is 6.92 Å². The lowest BCUT2D eigenvalue weighted by molar-refractivity contribution is 0.330. The van der Waals surface area contributed by atoms with Crippen molar-refractivity contribution in [3.63, 3.8) is 0 Å². The molecule has 0 saturated heterocycles. The molecule has 0 atom stereocenters. The lowest BCUT2D eigenvalue weighted by atomic mass is 10.3. The summed E-state index contributed by atoms with van der Waals surface area (Å²) in [5.41, 5.74) is 0.615. The van der Waals surface area contributed by atoms with E-state index in [-0.39, 0.29) is 4.90 Å². The molecule has 0 aliphatic carbocycles. The van der Waals surface area contributed by atoms with E-state index in [0.717, 1.165) is 4.31 Å². The molecule has 0 amide bonds. The SMILES string of the molecule is CCOc1ccc(NCc2nc(C)no2)cc1S(=O)(=O)N(C)C. The molecule has 0 fully saturated rings. The number of ether oxygens (including phenoxy) is 1. The van der Waals surface area contributed by atoms with E-state index in [2.05, 4.69) is 15.5 Å². The minimum absolute atomic E-state index is 0.107. The molecule has 8 nitrogen and oxygen atoms in total. The molecule has 1 aromatic carbocycles. The Labute approximate surface area is 135 Å². The molecule has 0 aliphatic rings. The standard InChI is InChI=1S/C14H20N4O4S/c1-5-21-12-7-6-11(8-13(12)23(19,20)18(3)4)15-9-14-16-10(2)17-22-14/h6-8,15H,5,9H2,1-4H3. The van der Waals surface area contributed by atoms with Gasteiger partial charge in [-0.3, -0.25) is 0 Å². The maximum absolute atomic E-state index is 12.4. The predicted octanol–water partition coefficient (Wildman–Crippen LogP) is 1.64. The molecule has 1 N–H and O–H groups in total. The van der Waals surface area contributed by atoms with E-state index < -0.39 is 10.0 Å². The van der Waals surface area contributed by atoms with Crippen molar-refractivity contribution >= 4 is 15.7 Å². The minimum atomic E-state index is -3.61. The average molecular weight is 340 g/mol. The van der Waals surface area contributed by atoms with Gasteiger partial charge in [-0.15, -0.1) is 0 Å². The van der Waals surface area contributed by atoms with Crippen LogP contribution in [0.15, 0.2) is 27.6 Å². The van der Waals surface area contributed by atoms with E-state index in [1.807, 2.05) is 0 Å². The fourth-order valence-electron chi connectivity index (χ4n) is 1.88. The highest BCUT2D eigenvalue weighted by molar-refractivity contribution is 7.89. The van der Waals surface area contributed by atoms with Gasteiger partial charge in [-0.2, -0.15) is 4.98 Å². The van der Waals surface area contributed by atoms with E-state index >= 15 is 0 Å². The molecule has 23 heavy (non-hydrogen) atoms. The van der Waals surface area contributed by atoms with E-state index in [1.54, 1.807) is 26.0 Å². The van der Waals surface area contributed by atoms with Crippen molar-refractivity contribution < 1.29 is 17.7 Å². The molecule has 2 aromatic rings. The molecular formula is C14H20N4O4S. The topological polar surface area (TPSA) is 97.6 Å². The van der Waals surface area contributed by atoms with Crippen molar-refractivity contribution in [1.82, 2.24) is 14.4 Å². The zero-order valence-corrected chi connectivity index (χ0v) is 14.3. The van der Waals surface area contributed by atoms with Crippen LogP contribution in [0.1, 0.15) is 18.6 Å². The lowest BCUT2D eigenvalue weighted by Gasteiger charge is -2.16. The molecule has 2 rings (SSSR count). The second-order valence-electron chi connectivity index (χ2n) is 4.97. The molecular weight excluding hydrogens is 320 g/mol. The number of anilines is 1. The van der Waals surface area contributed by atoms with Crippen molar-refractivity contribution in [2.24, 2.45) is 0 Å². The third kappa shape index (κ3) is 3.99. The number of rotatable bonds is 7. The van der Waals surface area contributed by atoms with Gasteiger partial charge in [0.05, 0.1) is 13.2 Å². The van der Waals surface area contributed by atoms with Crippen LogP contribution in [0.25, 0.3) is 0 Å². The van der Waals surface area contributed by atoms with Gasteiger partial charge >= 0.3 is 0 Å². The first-order chi connectivity index (χ1) is 10.8. The van der Waals surface area contributed by atoms with Crippen molar-refractivity contribution in [3.8, 4) is 5.75 Å². The Morgan fingerprint density at radius 1 is 1.35 bits per heavy atom. The molecule has 0 aliphatic heterocycles. The zero-order valence-electron chi connectivity index (χ0n) is 13.5. The third-order valence-electron chi connectivity index (χ3n) is 3.02. The minimum Gasteiger partial charge on any atom is -0.492 e. The second-order valence-corrected chi connectivity index (χ2v) is 7.09. The summed E-state index contributed by atoms with van der Waals surface area (Å²) >= 11 is 0. The Hall–Kier alpha value is -2.13. The van der Waals surface area contributed by atoms with Gasteiger partial charge in [-0.1, -0.05) is 5.16 Å². The predicted molar refractivity (Wildman–Crippen MR) is 84.8 cm³/mol. The first kappa shape index (κ1) is 17.2. The van der Waals surface area contributed by atoms with Crippen LogP contribution < -0.4 is 10.1 Å². The third-order valence-corrected chi connectivity index (χ3v) is 4.85. The highest BCUT2D eigenvalue weighted by Crippen LogP contribution is 2.29. The summed E-state index contributed by atoms with van der Waals surface area (Å²) in [6.45, 7) is 4.21. The molecule has 0 radical (unpaired) electrons. The van der Waals surface area contributed by atoms with Crippen molar-refractivity contribution in [2.45, 2.75) is 25.3 Å². The van der Waals surface area contributed by atoms with E-state index in [4.69, 9.17) is 9.26 Å². The Bertz CT molecular complexity index is 771. The Kier molecular flexibility index (Phi) is 5.22. The summed E-state index contributed by atoms with van der Waals surface area (Å²) < 4.78 is 36.4. The van der Waals surface area contributed by atoms with Gasteiger partial charge in [0.1, 0.15) is 10.6 Å². The van der Waals surface area contributed by atoms with Crippen molar-refractivity contribution in [1.29, 1.82) is 0 Å². The number of nitrogens with one attached hydrogen (secondary N) is 1. The summed E-state index contributed by atoms with van der Waals surface area (Å²) in [5, 5.41) is 6.76. The molecule has 1 aromatic heterocycles. The van der Waals surface area contributed by atoms with Crippen LogP contribution in [0.3, 0.4) is 0 Å². The van der Waals surface area contributed by atoms with E-state index in [9.17, 15) is 8.42 Å². The monoisotopic (exact) mass is 340 g/mol. The first-order valence-corrected chi connectivity index (χ1v) is 8.51. The summed E-state index contributed by atoms with van der Waals surface area (Å²) in [6.07, 6.45) is 0.